The highest BCUT2D eigenvalue weighted by Gasteiger charge is 2.21. The predicted molar refractivity (Wildman–Crippen MR) is 75.8 cm³/mol. The van der Waals surface area contributed by atoms with Gasteiger partial charge in [0, 0.05) is 12.7 Å². The maximum absolute atomic E-state index is 12.5. The van der Waals surface area contributed by atoms with Crippen LogP contribution in [0.5, 0.6) is 0 Å². The third kappa shape index (κ3) is 2.99. The Morgan fingerprint density at radius 2 is 1.84 bits per heavy atom. The van der Waals surface area contributed by atoms with Crippen LogP contribution in [0.4, 0.5) is 0 Å². The van der Waals surface area contributed by atoms with Gasteiger partial charge in [-0.25, -0.2) is 0 Å². The molecule has 1 heterocycles. The fraction of sp³-hybridized carbons (Fsp3) is 0.250. The Hall–Kier alpha value is -2.16. The molecule has 3 nitrogen and oxygen atoms in total. The van der Waals surface area contributed by atoms with Crippen LogP contribution in [0, 0.1) is 0 Å². The zero-order valence-corrected chi connectivity index (χ0v) is 11.3. The first-order valence-electron chi connectivity index (χ1n) is 6.51. The van der Waals surface area contributed by atoms with Crippen LogP contribution in [0.15, 0.2) is 54.7 Å². The fourth-order valence-corrected chi connectivity index (χ4v) is 2.14. The van der Waals surface area contributed by atoms with Crippen LogP contribution >= 0.6 is 0 Å². The van der Waals surface area contributed by atoms with Crippen molar-refractivity contribution in [3.8, 4) is 0 Å². The number of benzene rings is 1. The minimum absolute atomic E-state index is 0.0283. The lowest BCUT2D eigenvalue weighted by atomic mass is 10.1. The highest BCUT2D eigenvalue weighted by atomic mass is 16.2. The van der Waals surface area contributed by atoms with E-state index in [1.54, 1.807) is 12.3 Å². The summed E-state index contributed by atoms with van der Waals surface area (Å²) in [5.41, 5.74) is 1.63. The van der Waals surface area contributed by atoms with Crippen LogP contribution in [0.2, 0.25) is 0 Å². The van der Waals surface area contributed by atoms with E-state index in [1.807, 2.05) is 61.2 Å². The van der Waals surface area contributed by atoms with Gasteiger partial charge in [-0.2, -0.15) is 0 Å². The molecule has 0 fully saturated rings. The van der Waals surface area contributed by atoms with Gasteiger partial charge in [0.05, 0.1) is 6.04 Å². The molecule has 0 aliphatic rings. The van der Waals surface area contributed by atoms with E-state index in [1.165, 1.54) is 0 Å². The van der Waals surface area contributed by atoms with Crippen molar-refractivity contribution in [1.29, 1.82) is 0 Å². The topological polar surface area (TPSA) is 33.2 Å². The Kier molecular flexibility index (Phi) is 4.29. The largest absolute Gasteiger partial charge is 0.331 e. The second kappa shape index (κ2) is 6.14. The van der Waals surface area contributed by atoms with Crippen LogP contribution in [-0.4, -0.2) is 22.3 Å². The molecule has 0 N–H and O–H groups in total. The second-order valence-corrected chi connectivity index (χ2v) is 4.39. The molecule has 0 radical (unpaired) electrons. The summed E-state index contributed by atoms with van der Waals surface area (Å²) in [7, 11) is 0. The van der Waals surface area contributed by atoms with E-state index >= 15 is 0 Å². The molecule has 1 atom stereocenters. The minimum Gasteiger partial charge on any atom is -0.331 e. The number of amides is 1. The summed E-state index contributed by atoms with van der Waals surface area (Å²) in [6, 6.07) is 15.5. The smallest absolute Gasteiger partial charge is 0.272 e. The molecule has 1 amide bonds. The second-order valence-electron chi connectivity index (χ2n) is 4.39. The molecule has 19 heavy (non-hydrogen) atoms. The molecular weight excluding hydrogens is 236 g/mol. The quantitative estimate of drug-likeness (QED) is 0.838. The highest BCUT2D eigenvalue weighted by molar-refractivity contribution is 5.92. The molecule has 98 valence electrons. The van der Waals surface area contributed by atoms with Crippen LogP contribution in [-0.2, 0) is 0 Å². The summed E-state index contributed by atoms with van der Waals surface area (Å²) in [4.78, 5) is 18.4. The lowest BCUT2D eigenvalue weighted by Gasteiger charge is -2.28. The molecule has 2 aromatic rings. The maximum atomic E-state index is 12.5. The highest BCUT2D eigenvalue weighted by Crippen LogP contribution is 2.21. The normalized spacial score (nSPS) is 11.9. The van der Waals surface area contributed by atoms with Crippen molar-refractivity contribution < 1.29 is 4.79 Å². The first kappa shape index (κ1) is 13.3. The average Bonchev–Trinajstić information content (AvgIpc) is 2.49. The van der Waals surface area contributed by atoms with Gasteiger partial charge in [0.25, 0.3) is 5.91 Å². The molecule has 3 heteroatoms. The predicted octanol–water partition coefficient (Wildman–Crippen LogP) is 3.30. The molecule has 1 aromatic heterocycles. The van der Waals surface area contributed by atoms with Crippen molar-refractivity contribution in [3.05, 3.63) is 66.0 Å². The molecule has 2 rings (SSSR count). The number of hydrogen-bond donors (Lipinski definition) is 0. The van der Waals surface area contributed by atoms with E-state index < -0.39 is 0 Å². The number of carbonyl (C=O) groups is 1. The van der Waals surface area contributed by atoms with Gasteiger partial charge in [-0.15, -0.1) is 0 Å². The van der Waals surface area contributed by atoms with E-state index in [-0.39, 0.29) is 11.9 Å². The lowest BCUT2D eigenvalue weighted by molar-refractivity contribution is 0.0696. The van der Waals surface area contributed by atoms with Gasteiger partial charge in [-0.1, -0.05) is 36.4 Å². The number of rotatable bonds is 4. The van der Waals surface area contributed by atoms with E-state index in [2.05, 4.69) is 4.98 Å². The molecule has 0 aliphatic heterocycles. The fourth-order valence-electron chi connectivity index (χ4n) is 2.14. The van der Waals surface area contributed by atoms with Crippen LogP contribution in [0.25, 0.3) is 0 Å². The first-order valence-corrected chi connectivity index (χ1v) is 6.51. The number of carbonyl (C=O) groups excluding carboxylic acids is 1. The van der Waals surface area contributed by atoms with Gasteiger partial charge in [0.15, 0.2) is 0 Å². The van der Waals surface area contributed by atoms with Crippen molar-refractivity contribution in [2.75, 3.05) is 6.54 Å². The summed E-state index contributed by atoms with van der Waals surface area (Å²) in [6.45, 7) is 4.69. The zero-order valence-electron chi connectivity index (χ0n) is 11.3. The first-order chi connectivity index (χ1) is 9.24. The van der Waals surface area contributed by atoms with Gasteiger partial charge in [0.2, 0.25) is 0 Å². The van der Waals surface area contributed by atoms with Crippen molar-refractivity contribution in [2.24, 2.45) is 0 Å². The molecule has 0 spiro atoms. The molecule has 0 saturated heterocycles. The third-order valence-electron chi connectivity index (χ3n) is 3.24. The molecular formula is C16H18N2O. The molecule has 0 saturated carbocycles. The van der Waals surface area contributed by atoms with Crippen LogP contribution in [0.3, 0.4) is 0 Å². The van der Waals surface area contributed by atoms with E-state index in [0.29, 0.717) is 12.2 Å². The summed E-state index contributed by atoms with van der Waals surface area (Å²) in [6.07, 6.45) is 1.65. The van der Waals surface area contributed by atoms with Gasteiger partial charge in [-0.3, -0.25) is 9.78 Å². The third-order valence-corrected chi connectivity index (χ3v) is 3.24. The summed E-state index contributed by atoms with van der Waals surface area (Å²) in [5, 5.41) is 0. The summed E-state index contributed by atoms with van der Waals surface area (Å²) >= 11 is 0. The average molecular weight is 254 g/mol. The van der Waals surface area contributed by atoms with E-state index in [0.717, 1.165) is 5.56 Å². The Morgan fingerprint density at radius 1 is 1.16 bits per heavy atom. The Labute approximate surface area is 113 Å². The standard InChI is InChI=1S/C16H18N2O/c1-3-18(13(2)14-9-5-4-6-10-14)16(19)15-11-7-8-12-17-15/h4-13H,3H2,1-2H3/t13-/m0/s1. The maximum Gasteiger partial charge on any atom is 0.272 e. The Bertz CT molecular complexity index is 525. The van der Waals surface area contributed by atoms with E-state index in [4.69, 9.17) is 0 Å². The van der Waals surface area contributed by atoms with Crippen LogP contribution in [0.1, 0.15) is 35.9 Å². The molecule has 0 bridgehead atoms. The van der Waals surface area contributed by atoms with Crippen molar-refractivity contribution >= 4 is 5.91 Å². The van der Waals surface area contributed by atoms with Gasteiger partial charge < -0.3 is 4.90 Å². The number of nitrogens with zero attached hydrogens (tertiary/aromatic N) is 2. The summed E-state index contributed by atoms with van der Waals surface area (Å²) < 4.78 is 0. The zero-order chi connectivity index (χ0) is 13.7. The van der Waals surface area contributed by atoms with Gasteiger partial charge >= 0.3 is 0 Å². The monoisotopic (exact) mass is 254 g/mol. The SMILES string of the molecule is CCN(C(=O)c1ccccn1)[C@@H](C)c1ccccc1. The summed E-state index contributed by atoms with van der Waals surface area (Å²) in [5.74, 6) is -0.0283. The molecule has 0 aliphatic carbocycles. The Morgan fingerprint density at radius 3 is 2.42 bits per heavy atom. The molecule has 1 aromatic carbocycles. The number of hydrogen-bond acceptors (Lipinski definition) is 2. The van der Waals surface area contributed by atoms with E-state index in [9.17, 15) is 4.79 Å². The number of aromatic nitrogens is 1. The minimum atomic E-state index is -0.0283. The number of pyridine rings is 1. The van der Waals surface area contributed by atoms with Crippen molar-refractivity contribution in [3.63, 3.8) is 0 Å². The van der Waals surface area contributed by atoms with Gasteiger partial charge in [0.1, 0.15) is 5.69 Å². The van der Waals surface area contributed by atoms with Crippen LogP contribution < -0.4 is 0 Å². The molecule has 0 unspecified atom stereocenters. The lowest BCUT2D eigenvalue weighted by Crippen LogP contribution is -2.33. The van der Waals surface area contributed by atoms with Crippen molar-refractivity contribution in [2.45, 2.75) is 19.9 Å². The Balaban J connectivity index is 2.23. The van der Waals surface area contributed by atoms with Crippen molar-refractivity contribution in [1.82, 2.24) is 9.88 Å². The van der Waals surface area contributed by atoms with Gasteiger partial charge in [-0.05, 0) is 31.5 Å².